The van der Waals surface area contributed by atoms with Crippen LogP contribution in [0.15, 0.2) is 18.2 Å². The molecule has 3 rings (SSSR count). The van der Waals surface area contributed by atoms with Crippen molar-refractivity contribution in [3.63, 3.8) is 0 Å². The second kappa shape index (κ2) is 7.93. The predicted octanol–water partition coefficient (Wildman–Crippen LogP) is 5.18. The number of hydrogen-bond donors (Lipinski definition) is 2. The molecule has 0 aliphatic heterocycles. The van der Waals surface area contributed by atoms with Crippen LogP contribution in [0.25, 0.3) is 0 Å². The summed E-state index contributed by atoms with van der Waals surface area (Å²) < 4.78 is 0. The first kappa shape index (κ1) is 19.1. The number of thiophene rings is 1. The van der Waals surface area contributed by atoms with Gasteiger partial charge in [0.15, 0.2) is 5.11 Å². The summed E-state index contributed by atoms with van der Waals surface area (Å²) in [6, 6.07) is 7.08. The average molecular weight is 424 g/mol. The van der Waals surface area contributed by atoms with Crippen LogP contribution < -0.4 is 10.6 Å². The second-order valence-corrected chi connectivity index (χ2v) is 8.48. The van der Waals surface area contributed by atoms with E-state index in [1.165, 1.54) is 16.2 Å². The number of halogens is 2. The van der Waals surface area contributed by atoms with Crippen LogP contribution in [0.3, 0.4) is 0 Å². The molecule has 2 N–H and O–H groups in total. The van der Waals surface area contributed by atoms with Crippen molar-refractivity contribution in [2.45, 2.75) is 26.2 Å². The molecule has 0 fully saturated rings. The molecule has 2 aromatic rings. The molecule has 26 heavy (non-hydrogen) atoms. The van der Waals surface area contributed by atoms with Crippen molar-refractivity contribution in [1.29, 1.82) is 5.26 Å². The zero-order chi connectivity index (χ0) is 18.8. The van der Waals surface area contributed by atoms with Gasteiger partial charge in [0, 0.05) is 4.88 Å². The number of amides is 1. The molecule has 0 saturated heterocycles. The summed E-state index contributed by atoms with van der Waals surface area (Å²) in [5.41, 5.74) is 1.96. The molecule has 4 nitrogen and oxygen atoms in total. The van der Waals surface area contributed by atoms with Gasteiger partial charge in [-0.2, -0.15) is 5.26 Å². The first-order chi connectivity index (χ1) is 12.4. The number of benzene rings is 1. The Bertz CT molecular complexity index is 933. The molecule has 0 bridgehead atoms. The molecule has 0 radical (unpaired) electrons. The van der Waals surface area contributed by atoms with Crippen LogP contribution in [-0.4, -0.2) is 11.0 Å². The van der Waals surface area contributed by atoms with Gasteiger partial charge in [-0.05, 0) is 55.1 Å². The highest BCUT2D eigenvalue weighted by atomic mass is 35.5. The standard InChI is InChI=1S/C18H15Cl2N3OS2/c1-9-5-6-10-12(8-21)17(26-14(10)7-9)23-18(25)22-16(24)11-3-2-4-13(19)15(11)20/h2-4,9H,5-7H2,1H3,(H2,22,23,24,25)/t9-/m1/s1. The minimum Gasteiger partial charge on any atom is -0.323 e. The molecule has 1 heterocycles. The minimum atomic E-state index is -0.455. The fraction of sp³-hybridized carbons (Fsp3) is 0.278. The second-order valence-electron chi connectivity index (χ2n) is 6.18. The number of nitrogens with zero attached hydrogens (tertiary/aromatic N) is 1. The summed E-state index contributed by atoms with van der Waals surface area (Å²) in [5, 5.41) is 16.4. The lowest BCUT2D eigenvalue weighted by Crippen LogP contribution is -2.34. The molecule has 1 aliphatic carbocycles. The monoisotopic (exact) mass is 423 g/mol. The lowest BCUT2D eigenvalue weighted by molar-refractivity contribution is 0.0978. The third-order valence-corrected chi connectivity index (χ3v) is 6.47. The van der Waals surface area contributed by atoms with Crippen molar-refractivity contribution in [2.75, 3.05) is 5.32 Å². The number of rotatable bonds is 2. The largest absolute Gasteiger partial charge is 0.323 e. The first-order valence-corrected chi connectivity index (χ1v) is 9.99. The van der Waals surface area contributed by atoms with Crippen molar-refractivity contribution in [2.24, 2.45) is 5.92 Å². The fourth-order valence-electron chi connectivity index (χ4n) is 2.94. The van der Waals surface area contributed by atoms with Crippen molar-refractivity contribution >= 4 is 62.8 Å². The zero-order valence-electron chi connectivity index (χ0n) is 13.9. The average Bonchev–Trinajstić information content (AvgIpc) is 2.92. The summed E-state index contributed by atoms with van der Waals surface area (Å²) >= 11 is 18.8. The molecule has 0 saturated carbocycles. The number of carbonyl (C=O) groups is 1. The molecule has 1 aliphatic rings. The van der Waals surface area contributed by atoms with Gasteiger partial charge in [0.1, 0.15) is 11.1 Å². The highest BCUT2D eigenvalue weighted by Gasteiger charge is 2.24. The van der Waals surface area contributed by atoms with Crippen molar-refractivity contribution in [3.8, 4) is 6.07 Å². The molecule has 1 aromatic carbocycles. The quantitative estimate of drug-likeness (QED) is 0.653. The van der Waals surface area contributed by atoms with Crippen LogP contribution in [-0.2, 0) is 12.8 Å². The maximum atomic E-state index is 12.4. The van der Waals surface area contributed by atoms with E-state index in [-0.39, 0.29) is 15.7 Å². The van der Waals surface area contributed by atoms with Gasteiger partial charge in [0.2, 0.25) is 0 Å². The van der Waals surface area contributed by atoms with E-state index >= 15 is 0 Å². The Morgan fingerprint density at radius 3 is 2.92 bits per heavy atom. The maximum Gasteiger partial charge on any atom is 0.258 e. The highest BCUT2D eigenvalue weighted by Crippen LogP contribution is 2.39. The number of nitriles is 1. The Morgan fingerprint density at radius 1 is 1.42 bits per heavy atom. The van der Waals surface area contributed by atoms with Gasteiger partial charge in [-0.3, -0.25) is 10.1 Å². The lowest BCUT2D eigenvalue weighted by atomic mass is 9.89. The van der Waals surface area contributed by atoms with E-state index < -0.39 is 5.91 Å². The highest BCUT2D eigenvalue weighted by molar-refractivity contribution is 7.80. The summed E-state index contributed by atoms with van der Waals surface area (Å²) in [5.74, 6) is 0.153. The van der Waals surface area contributed by atoms with Crippen LogP contribution in [0.2, 0.25) is 10.0 Å². The van der Waals surface area contributed by atoms with E-state index in [2.05, 4.69) is 23.6 Å². The van der Waals surface area contributed by atoms with Crippen LogP contribution in [0.4, 0.5) is 5.00 Å². The van der Waals surface area contributed by atoms with E-state index in [0.29, 0.717) is 21.5 Å². The number of anilines is 1. The van der Waals surface area contributed by atoms with Gasteiger partial charge in [0.05, 0.1) is 21.2 Å². The van der Waals surface area contributed by atoms with E-state index in [1.54, 1.807) is 18.2 Å². The normalized spacial score (nSPS) is 15.7. The number of carbonyl (C=O) groups excluding carboxylic acids is 1. The molecule has 1 aromatic heterocycles. The fourth-order valence-corrected chi connectivity index (χ4v) is 4.95. The molecule has 134 valence electrons. The summed E-state index contributed by atoms with van der Waals surface area (Å²) in [6.07, 6.45) is 2.94. The van der Waals surface area contributed by atoms with Gasteiger partial charge >= 0.3 is 0 Å². The maximum absolute atomic E-state index is 12.4. The Hall–Kier alpha value is -1.65. The van der Waals surface area contributed by atoms with E-state index in [1.807, 2.05) is 0 Å². The SMILES string of the molecule is C[C@@H]1CCc2c(sc(NC(=S)NC(=O)c3cccc(Cl)c3Cl)c2C#N)C1. The van der Waals surface area contributed by atoms with E-state index in [0.717, 1.165) is 24.8 Å². The van der Waals surface area contributed by atoms with Gasteiger partial charge in [-0.1, -0.05) is 36.2 Å². The third-order valence-electron chi connectivity index (χ3n) is 4.27. The van der Waals surface area contributed by atoms with Crippen LogP contribution in [0.1, 0.15) is 39.7 Å². The van der Waals surface area contributed by atoms with Gasteiger partial charge < -0.3 is 5.32 Å². The lowest BCUT2D eigenvalue weighted by Gasteiger charge is -2.17. The van der Waals surface area contributed by atoms with E-state index in [4.69, 9.17) is 35.4 Å². The molecular formula is C18H15Cl2N3OS2. The molecule has 0 unspecified atom stereocenters. The third kappa shape index (κ3) is 3.86. The number of hydrogen-bond acceptors (Lipinski definition) is 4. The molecular weight excluding hydrogens is 409 g/mol. The van der Waals surface area contributed by atoms with Gasteiger partial charge in [-0.15, -0.1) is 11.3 Å². The summed E-state index contributed by atoms with van der Waals surface area (Å²) in [7, 11) is 0. The molecule has 1 amide bonds. The number of thiocarbonyl (C=S) groups is 1. The Morgan fingerprint density at radius 2 is 2.19 bits per heavy atom. The van der Waals surface area contributed by atoms with Crippen molar-refractivity contribution in [3.05, 3.63) is 49.8 Å². The molecule has 1 atom stereocenters. The van der Waals surface area contributed by atoms with Crippen LogP contribution >= 0.6 is 46.8 Å². The van der Waals surface area contributed by atoms with Gasteiger partial charge in [0.25, 0.3) is 5.91 Å². The molecule has 8 heteroatoms. The molecule has 0 spiro atoms. The summed E-state index contributed by atoms with van der Waals surface area (Å²) in [4.78, 5) is 13.6. The topological polar surface area (TPSA) is 64.9 Å². The van der Waals surface area contributed by atoms with Gasteiger partial charge in [-0.25, -0.2) is 0 Å². The zero-order valence-corrected chi connectivity index (χ0v) is 17.0. The minimum absolute atomic E-state index is 0.120. The smallest absolute Gasteiger partial charge is 0.258 e. The summed E-state index contributed by atoms with van der Waals surface area (Å²) in [6.45, 7) is 2.21. The number of fused-ring (bicyclic) bond motifs is 1. The first-order valence-electron chi connectivity index (χ1n) is 8.01. The van der Waals surface area contributed by atoms with Crippen molar-refractivity contribution in [1.82, 2.24) is 5.32 Å². The van der Waals surface area contributed by atoms with Crippen LogP contribution in [0.5, 0.6) is 0 Å². The van der Waals surface area contributed by atoms with E-state index in [9.17, 15) is 10.1 Å². The Labute approximate surface area is 171 Å². The number of nitrogens with one attached hydrogen (secondary N) is 2. The Balaban J connectivity index is 1.76. The van der Waals surface area contributed by atoms with Crippen LogP contribution in [0, 0.1) is 17.2 Å². The predicted molar refractivity (Wildman–Crippen MR) is 110 cm³/mol. The van der Waals surface area contributed by atoms with Crippen molar-refractivity contribution < 1.29 is 4.79 Å². The Kier molecular flexibility index (Phi) is 5.83.